The van der Waals surface area contributed by atoms with E-state index in [1.807, 2.05) is 0 Å². The molecule has 1 nitrogen and oxygen atoms in total. The number of aliphatic hydroxyl groups is 1. The molecule has 0 spiro atoms. The Hall–Kier alpha value is -0.560. The molecule has 1 saturated carbocycles. The summed E-state index contributed by atoms with van der Waals surface area (Å²) in [6.07, 6.45) is 9.64. The molecule has 2 aliphatic carbocycles. The fraction of sp³-hybridized carbons (Fsp3) is 0.636. The fourth-order valence-electron chi connectivity index (χ4n) is 2.43. The van der Waals surface area contributed by atoms with Crippen LogP contribution in [0.15, 0.2) is 24.3 Å². The van der Waals surface area contributed by atoms with Gasteiger partial charge in [-0.25, -0.2) is 0 Å². The lowest BCUT2D eigenvalue weighted by atomic mass is 9.68. The molecule has 0 aromatic rings. The third-order valence-electron chi connectivity index (χ3n) is 3.28. The highest BCUT2D eigenvalue weighted by Gasteiger charge is 2.40. The van der Waals surface area contributed by atoms with Gasteiger partial charge in [0.2, 0.25) is 0 Å². The molecule has 0 unspecified atom stereocenters. The summed E-state index contributed by atoms with van der Waals surface area (Å²) in [5, 5.41) is 10.3. The first kappa shape index (κ1) is 8.06. The minimum atomic E-state index is -0.549. The van der Waals surface area contributed by atoms with Crippen molar-refractivity contribution >= 4 is 0 Å². The number of rotatable bonds is 0. The first-order valence-corrected chi connectivity index (χ1v) is 4.81. The quantitative estimate of drug-likeness (QED) is 0.545. The highest BCUT2D eigenvalue weighted by atomic mass is 16.3. The van der Waals surface area contributed by atoms with Crippen LogP contribution in [0.1, 0.15) is 32.1 Å². The van der Waals surface area contributed by atoms with Gasteiger partial charge in [-0.15, -0.1) is 0 Å². The molecule has 1 fully saturated rings. The standard InChI is InChI=1S/C11H16O/c1-9-5-4-7-10-6-2-3-8-11(9,10)12/h4,7,10,12H,1-3,5-6,8H2/t10-,11-/m0/s1. The third-order valence-corrected chi connectivity index (χ3v) is 3.28. The Balaban J connectivity index is 2.29. The van der Waals surface area contributed by atoms with E-state index in [2.05, 4.69) is 18.7 Å². The van der Waals surface area contributed by atoms with Crippen LogP contribution >= 0.6 is 0 Å². The van der Waals surface area contributed by atoms with Gasteiger partial charge in [-0.3, -0.25) is 0 Å². The lowest BCUT2D eigenvalue weighted by molar-refractivity contribution is 0.0000217. The molecule has 0 bridgehead atoms. The fourth-order valence-corrected chi connectivity index (χ4v) is 2.43. The zero-order valence-electron chi connectivity index (χ0n) is 7.42. The topological polar surface area (TPSA) is 20.2 Å². The maximum absolute atomic E-state index is 10.3. The Morgan fingerprint density at radius 2 is 2.33 bits per heavy atom. The average molecular weight is 164 g/mol. The van der Waals surface area contributed by atoms with Crippen molar-refractivity contribution in [2.75, 3.05) is 0 Å². The Labute approximate surface area is 73.8 Å². The van der Waals surface area contributed by atoms with Gasteiger partial charge in [0.15, 0.2) is 0 Å². The SMILES string of the molecule is C=C1CC=C[C@@H]2CCCC[C@]12O. The lowest BCUT2D eigenvalue weighted by Crippen LogP contribution is -2.42. The van der Waals surface area contributed by atoms with E-state index in [9.17, 15) is 5.11 Å². The number of hydrogen-bond donors (Lipinski definition) is 1. The number of fused-ring (bicyclic) bond motifs is 1. The Morgan fingerprint density at radius 1 is 1.50 bits per heavy atom. The molecule has 1 heteroatoms. The van der Waals surface area contributed by atoms with Crippen molar-refractivity contribution in [3.05, 3.63) is 24.3 Å². The van der Waals surface area contributed by atoms with Crippen LogP contribution in [0.5, 0.6) is 0 Å². The number of allylic oxidation sites excluding steroid dienone is 1. The molecule has 0 heterocycles. The molecule has 0 aliphatic heterocycles. The van der Waals surface area contributed by atoms with Crippen LogP contribution in [0.3, 0.4) is 0 Å². The molecule has 2 atom stereocenters. The van der Waals surface area contributed by atoms with E-state index in [4.69, 9.17) is 0 Å². The molecule has 0 aromatic heterocycles. The van der Waals surface area contributed by atoms with Crippen molar-refractivity contribution in [3.8, 4) is 0 Å². The summed E-state index contributed by atoms with van der Waals surface area (Å²) in [4.78, 5) is 0. The molecule has 1 N–H and O–H groups in total. The predicted octanol–water partition coefficient (Wildman–Crippen LogP) is 2.42. The third kappa shape index (κ3) is 1.04. The zero-order valence-corrected chi connectivity index (χ0v) is 7.42. The largest absolute Gasteiger partial charge is 0.385 e. The highest BCUT2D eigenvalue weighted by molar-refractivity contribution is 5.26. The van der Waals surface area contributed by atoms with Crippen molar-refractivity contribution in [1.82, 2.24) is 0 Å². The Kier molecular flexibility index (Phi) is 1.84. The van der Waals surface area contributed by atoms with E-state index < -0.39 is 5.60 Å². The second kappa shape index (κ2) is 2.74. The summed E-state index contributed by atoms with van der Waals surface area (Å²) >= 11 is 0. The highest BCUT2D eigenvalue weighted by Crippen LogP contribution is 2.42. The summed E-state index contributed by atoms with van der Waals surface area (Å²) in [6.45, 7) is 3.97. The second-order valence-corrected chi connectivity index (χ2v) is 4.01. The van der Waals surface area contributed by atoms with E-state index in [1.165, 1.54) is 6.42 Å². The zero-order chi connectivity index (χ0) is 8.60. The smallest absolute Gasteiger partial charge is 0.0919 e. The minimum absolute atomic E-state index is 0.354. The molecular weight excluding hydrogens is 148 g/mol. The van der Waals surface area contributed by atoms with Crippen LogP contribution in [-0.4, -0.2) is 10.7 Å². The molecule has 0 amide bonds. The van der Waals surface area contributed by atoms with Crippen molar-refractivity contribution in [2.45, 2.75) is 37.7 Å². The van der Waals surface area contributed by atoms with Crippen LogP contribution < -0.4 is 0 Å². The monoisotopic (exact) mass is 164 g/mol. The van der Waals surface area contributed by atoms with Crippen molar-refractivity contribution in [3.63, 3.8) is 0 Å². The van der Waals surface area contributed by atoms with Gasteiger partial charge in [0.05, 0.1) is 5.60 Å². The van der Waals surface area contributed by atoms with Crippen LogP contribution in [0, 0.1) is 5.92 Å². The van der Waals surface area contributed by atoms with E-state index in [0.717, 1.165) is 31.3 Å². The normalized spacial score (nSPS) is 41.1. The van der Waals surface area contributed by atoms with Gasteiger partial charge in [0.25, 0.3) is 0 Å². The van der Waals surface area contributed by atoms with E-state index in [1.54, 1.807) is 0 Å². The van der Waals surface area contributed by atoms with Gasteiger partial charge in [-0.2, -0.15) is 0 Å². The van der Waals surface area contributed by atoms with Crippen LogP contribution in [0.25, 0.3) is 0 Å². The lowest BCUT2D eigenvalue weighted by Gasteiger charge is -2.42. The Bertz CT molecular complexity index is 229. The maximum Gasteiger partial charge on any atom is 0.0919 e. The van der Waals surface area contributed by atoms with Crippen LogP contribution in [-0.2, 0) is 0 Å². The first-order valence-electron chi connectivity index (χ1n) is 4.81. The van der Waals surface area contributed by atoms with Crippen molar-refractivity contribution < 1.29 is 5.11 Å². The maximum atomic E-state index is 10.3. The number of hydrogen-bond acceptors (Lipinski definition) is 1. The van der Waals surface area contributed by atoms with Crippen LogP contribution in [0.2, 0.25) is 0 Å². The van der Waals surface area contributed by atoms with E-state index in [0.29, 0.717) is 5.92 Å². The van der Waals surface area contributed by atoms with E-state index >= 15 is 0 Å². The molecule has 0 radical (unpaired) electrons. The summed E-state index contributed by atoms with van der Waals surface area (Å²) in [7, 11) is 0. The summed E-state index contributed by atoms with van der Waals surface area (Å²) in [5.74, 6) is 0.354. The van der Waals surface area contributed by atoms with Gasteiger partial charge in [-0.05, 0) is 24.8 Å². The van der Waals surface area contributed by atoms with Gasteiger partial charge in [0.1, 0.15) is 0 Å². The summed E-state index contributed by atoms with van der Waals surface area (Å²) in [5.41, 5.74) is 0.474. The second-order valence-electron chi connectivity index (χ2n) is 4.01. The Morgan fingerprint density at radius 3 is 3.08 bits per heavy atom. The van der Waals surface area contributed by atoms with Crippen molar-refractivity contribution in [2.24, 2.45) is 5.92 Å². The molecule has 0 saturated heterocycles. The molecule has 2 rings (SSSR count). The van der Waals surface area contributed by atoms with Gasteiger partial charge in [0, 0.05) is 5.92 Å². The molecule has 2 aliphatic rings. The summed E-state index contributed by atoms with van der Waals surface area (Å²) < 4.78 is 0. The van der Waals surface area contributed by atoms with Crippen LogP contribution in [0.4, 0.5) is 0 Å². The first-order chi connectivity index (χ1) is 5.73. The van der Waals surface area contributed by atoms with Gasteiger partial charge >= 0.3 is 0 Å². The molecular formula is C11H16O. The summed E-state index contributed by atoms with van der Waals surface area (Å²) in [6, 6.07) is 0. The molecule has 12 heavy (non-hydrogen) atoms. The van der Waals surface area contributed by atoms with Crippen molar-refractivity contribution in [1.29, 1.82) is 0 Å². The van der Waals surface area contributed by atoms with Gasteiger partial charge in [-0.1, -0.05) is 31.6 Å². The average Bonchev–Trinajstić information content (AvgIpc) is 2.07. The van der Waals surface area contributed by atoms with Gasteiger partial charge < -0.3 is 5.11 Å². The molecule has 66 valence electrons. The van der Waals surface area contributed by atoms with E-state index in [-0.39, 0.29) is 0 Å². The predicted molar refractivity (Wildman–Crippen MR) is 49.8 cm³/mol. The molecule has 0 aromatic carbocycles. The minimum Gasteiger partial charge on any atom is -0.385 e.